The molecule has 0 bridgehead atoms. The molecule has 2 heterocycles. The lowest BCUT2D eigenvalue weighted by atomic mass is 9.97. The molecule has 0 spiro atoms. The van der Waals surface area contributed by atoms with E-state index in [0.29, 0.717) is 12.0 Å². The molecule has 0 aromatic carbocycles. The maximum absolute atomic E-state index is 13.7. The maximum atomic E-state index is 13.7. The van der Waals surface area contributed by atoms with Crippen LogP contribution in [0.25, 0.3) is 11.6 Å². The molecule has 36 heavy (non-hydrogen) atoms. The fraction of sp³-hybridized carbons (Fsp3) is 0.500. The van der Waals surface area contributed by atoms with Crippen LogP contribution in [0, 0.1) is 6.92 Å². The molecule has 0 radical (unpaired) electrons. The third-order valence-corrected chi connectivity index (χ3v) is 4.77. The Bertz CT molecular complexity index is 1090. The van der Waals surface area contributed by atoms with Crippen LogP contribution in [-0.2, 0) is 10.3 Å². The Morgan fingerprint density at radius 2 is 1.92 bits per heavy atom. The number of ether oxygens (including phenoxy) is 2. The zero-order valence-corrected chi connectivity index (χ0v) is 20.9. The summed E-state index contributed by atoms with van der Waals surface area (Å²) in [4.78, 5) is 16.7. The van der Waals surface area contributed by atoms with Gasteiger partial charge < -0.3 is 19.0 Å². The van der Waals surface area contributed by atoms with Crippen molar-refractivity contribution in [2.24, 2.45) is 0 Å². The van der Waals surface area contributed by atoms with E-state index in [-0.39, 0.29) is 29.8 Å². The molecule has 0 aliphatic heterocycles. The van der Waals surface area contributed by atoms with Crippen LogP contribution in [0.4, 0.5) is 23.7 Å². The van der Waals surface area contributed by atoms with E-state index in [0.717, 1.165) is 0 Å². The molecule has 9 nitrogen and oxygen atoms in total. The molecule has 0 aliphatic rings. The summed E-state index contributed by atoms with van der Waals surface area (Å²) in [6.07, 6.45) is -3.82. The van der Waals surface area contributed by atoms with Gasteiger partial charge in [-0.15, -0.1) is 23.4 Å². The summed E-state index contributed by atoms with van der Waals surface area (Å²) in [5.74, 6) is -1.41. The molecule has 0 unspecified atom stereocenters. The number of hydrogen-bond acceptors (Lipinski definition) is 8. The third-order valence-electron chi connectivity index (χ3n) is 4.77. The number of alkyl halides is 3. The Labute approximate surface area is 207 Å². The van der Waals surface area contributed by atoms with Gasteiger partial charge in [0, 0.05) is 12.0 Å². The van der Waals surface area contributed by atoms with Crippen molar-refractivity contribution in [3.63, 3.8) is 0 Å². The van der Waals surface area contributed by atoms with Crippen LogP contribution >= 0.6 is 0 Å². The highest BCUT2D eigenvalue weighted by Gasteiger charge is 2.58. The van der Waals surface area contributed by atoms with Crippen molar-refractivity contribution in [2.75, 3.05) is 5.32 Å². The average Bonchev–Trinajstić information content (AvgIpc) is 3.22. The van der Waals surface area contributed by atoms with E-state index in [9.17, 15) is 23.1 Å². The number of pyridine rings is 1. The molecule has 198 valence electrons. The zero-order chi connectivity index (χ0) is 27.3. The molecule has 2 N–H and O–H groups in total. The van der Waals surface area contributed by atoms with Gasteiger partial charge in [0.2, 0.25) is 11.5 Å². The number of halogens is 3. The van der Waals surface area contributed by atoms with Gasteiger partial charge in [-0.05, 0) is 53.5 Å². The minimum absolute atomic E-state index is 0.0299. The quantitative estimate of drug-likeness (QED) is 0.381. The van der Waals surface area contributed by atoms with Crippen molar-refractivity contribution in [1.82, 2.24) is 15.2 Å². The third kappa shape index (κ3) is 7.06. The number of carbonyl (C=O) groups is 1. The van der Waals surface area contributed by atoms with Gasteiger partial charge in [-0.2, -0.15) is 13.2 Å². The van der Waals surface area contributed by atoms with Gasteiger partial charge in [0.15, 0.2) is 5.69 Å². The average molecular weight is 513 g/mol. The second kappa shape index (κ2) is 11.1. The summed E-state index contributed by atoms with van der Waals surface area (Å²) in [5.41, 5.74) is -3.85. The van der Waals surface area contributed by atoms with Crippen LogP contribution < -0.4 is 10.1 Å². The first-order valence-corrected chi connectivity index (χ1v) is 11.1. The lowest BCUT2D eigenvalue weighted by Crippen LogP contribution is -2.42. The second-order valence-electron chi connectivity index (χ2n) is 9.18. The van der Waals surface area contributed by atoms with Gasteiger partial charge >= 0.3 is 12.3 Å². The van der Waals surface area contributed by atoms with E-state index in [1.165, 1.54) is 12.1 Å². The van der Waals surface area contributed by atoms with Crippen LogP contribution in [0.1, 0.15) is 58.4 Å². The smallest absolute Gasteiger partial charge is 0.426 e. The Kier molecular flexibility index (Phi) is 8.89. The van der Waals surface area contributed by atoms with Gasteiger partial charge in [0.25, 0.3) is 11.8 Å². The number of aromatic nitrogens is 3. The number of anilines is 1. The van der Waals surface area contributed by atoms with E-state index < -0.39 is 41.7 Å². The Morgan fingerprint density at radius 1 is 1.25 bits per heavy atom. The summed E-state index contributed by atoms with van der Waals surface area (Å²) in [6, 6.07) is 1.49. The fourth-order valence-corrected chi connectivity index (χ4v) is 3.03. The molecule has 2 rings (SSSR count). The lowest BCUT2D eigenvalue weighted by Gasteiger charge is -2.26. The molecule has 0 saturated heterocycles. The number of rotatable bonds is 10. The summed E-state index contributed by atoms with van der Waals surface area (Å²) in [6.45, 7) is 15.5. The molecule has 2 atom stereocenters. The highest BCUT2D eigenvalue weighted by atomic mass is 19.4. The van der Waals surface area contributed by atoms with Crippen molar-refractivity contribution in [3.8, 4) is 17.5 Å². The van der Waals surface area contributed by atoms with E-state index in [2.05, 4.69) is 33.7 Å². The first-order chi connectivity index (χ1) is 16.6. The molecule has 1 amide bonds. The van der Waals surface area contributed by atoms with Crippen LogP contribution in [0.3, 0.4) is 0 Å². The van der Waals surface area contributed by atoms with Crippen LogP contribution in [-0.4, -0.2) is 44.3 Å². The first kappa shape index (κ1) is 28.8. The highest BCUT2D eigenvalue weighted by molar-refractivity contribution is 5.89. The highest BCUT2D eigenvalue weighted by Crippen LogP contribution is 2.43. The van der Waals surface area contributed by atoms with Gasteiger partial charge in [-0.1, -0.05) is 12.2 Å². The summed E-state index contributed by atoms with van der Waals surface area (Å²) in [7, 11) is 0. The maximum Gasteiger partial charge on any atom is 0.426 e. The van der Waals surface area contributed by atoms with E-state index in [1.807, 2.05) is 0 Å². The topological polar surface area (TPSA) is 120 Å². The van der Waals surface area contributed by atoms with Crippen LogP contribution in [0.5, 0.6) is 5.88 Å². The van der Waals surface area contributed by atoms with Crippen molar-refractivity contribution in [1.29, 1.82) is 0 Å². The minimum atomic E-state index is -5.10. The minimum Gasteiger partial charge on any atom is -0.474 e. The summed E-state index contributed by atoms with van der Waals surface area (Å²) < 4.78 is 57.6. The lowest BCUT2D eigenvalue weighted by molar-refractivity contribution is -0.276. The number of aryl methyl sites for hydroxylation is 1. The molecule has 2 aromatic heterocycles. The largest absolute Gasteiger partial charge is 0.474 e. The predicted molar refractivity (Wildman–Crippen MR) is 126 cm³/mol. The van der Waals surface area contributed by atoms with Crippen molar-refractivity contribution >= 4 is 11.8 Å². The summed E-state index contributed by atoms with van der Waals surface area (Å²) in [5, 5.41) is 20.0. The fourth-order valence-electron chi connectivity index (χ4n) is 3.03. The van der Waals surface area contributed by atoms with Crippen LogP contribution in [0.15, 0.2) is 35.8 Å². The van der Waals surface area contributed by atoms with E-state index in [1.54, 1.807) is 40.7 Å². The van der Waals surface area contributed by atoms with Crippen molar-refractivity contribution < 1.29 is 37.0 Å². The first-order valence-electron chi connectivity index (χ1n) is 11.1. The molecule has 0 aliphatic carbocycles. The standard InChI is InChI=1S/C24H31F3N4O5/c1-8-10-12-23(33,24(25,26)27)20-31-30-19(35-20)17-16(28-21(32)36-22(5,6)7)13-14(3)18(29-17)34-15(4)11-9-2/h8-9,13,15,33H,1-2,10-12H2,3-7H3,(H,28,32)/t15-,23-/m1/s1. The van der Waals surface area contributed by atoms with Gasteiger partial charge in [-0.25, -0.2) is 9.78 Å². The number of hydrogen-bond donors (Lipinski definition) is 2. The SMILES string of the molecule is C=CCC[C@@](O)(c1nnc(-c2nc(O[C@H](C)CC=C)c(C)cc2NC(=O)OC(C)(C)C)o1)C(F)(F)F. The van der Waals surface area contributed by atoms with Gasteiger partial charge in [-0.3, -0.25) is 5.32 Å². The Hall–Kier alpha value is -3.41. The van der Waals surface area contributed by atoms with Crippen LogP contribution in [0.2, 0.25) is 0 Å². The van der Waals surface area contributed by atoms with Gasteiger partial charge in [0.1, 0.15) is 11.7 Å². The second-order valence-corrected chi connectivity index (χ2v) is 9.18. The zero-order valence-electron chi connectivity index (χ0n) is 20.9. The monoisotopic (exact) mass is 512 g/mol. The normalized spacial score (nSPS) is 14.5. The number of aliphatic hydroxyl groups is 1. The molecular weight excluding hydrogens is 481 g/mol. The Morgan fingerprint density at radius 3 is 2.47 bits per heavy atom. The number of nitrogens with one attached hydrogen (secondary N) is 1. The summed E-state index contributed by atoms with van der Waals surface area (Å²) >= 11 is 0. The number of nitrogens with zero attached hydrogens (tertiary/aromatic N) is 3. The molecular formula is C24H31F3N4O5. The van der Waals surface area contributed by atoms with Crippen molar-refractivity contribution in [3.05, 3.63) is 42.8 Å². The Balaban J connectivity index is 2.59. The van der Waals surface area contributed by atoms with E-state index >= 15 is 0 Å². The molecule has 12 heteroatoms. The molecule has 0 saturated carbocycles. The van der Waals surface area contributed by atoms with Crippen molar-refractivity contribution in [2.45, 2.75) is 77.4 Å². The molecule has 0 fully saturated rings. The molecule has 2 aromatic rings. The number of allylic oxidation sites excluding steroid dienone is 1. The predicted octanol–water partition coefficient (Wildman–Crippen LogP) is 5.85. The van der Waals surface area contributed by atoms with E-state index in [4.69, 9.17) is 13.9 Å². The van der Waals surface area contributed by atoms with Gasteiger partial charge in [0.05, 0.1) is 5.69 Å². The number of carbonyl (C=O) groups excluding carboxylic acids is 1. The number of amides is 1.